The molecule has 0 radical (unpaired) electrons. The van der Waals surface area contributed by atoms with Crippen molar-refractivity contribution >= 4 is 22.6 Å². The minimum atomic E-state index is -2.01. The summed E-state index contributed by atoms with van der Waals surface area (Å²) < 4.78 is 18.9. The third-order valence-corrected chi connectivity index (χ3v) is 20.4. The van der Waals surface area contributed by atoms with Crippen LogP contribution in [0, 0.1) is 17.3 Å². The predicted molar refractivity (Wildman–Crippen MR) is 182 cm³/mol. The lowest BCUT2D eigenvalue weighted by Gasteiger charge is -2.51. The van der Waals surface area contributed by atoms with E-state index in [0.717, 1.165) is 25.7 Å². The fourth-order valence-corrected chi connectivity index (χ4v) is 8.83. The SMILES string of the molecule is CCC1(C(C/C=C/[C@@H]2[C@@H](C/C=C/CCCC(=O)OC)[C@@H](O)C[C@H]2O[Si](C)(C)C(C)(C)C)O[Si](C)(C)C(C)(C)C)CCC1. The first-order valence-corrected chi connectivity index (χ1v) is 22.5. The standard InChI is InChI=1S/C35H66O5Si2/c1-13-35(24-19-25-35)31(40-42(11,12)34(5,6)7)22-18-21-28-27(20-16-14-15-17-23-32(37)38-8)29(36)26-30(28)39-41(9,10)33(2,3)4/h14,16,18,21,27-31,36H,13,15,17,19-20,22-26H2,1-12H3/b16-14+,21-18+/t27-,28-,29+,30-,31?/m1/s1. The van der Waals surface area contributed by atoms with Crippen molar-refractivity contribution in [3.8, 4) is 0 Å². The molecule has 2 fully saturated rings. The lowest BCUT2D eigenvalue weighted by molar-refractivity contribution is -0.140. The zero-order valence-corrected chi connectivity index (χ0v) is 31.3. The van der Waals surface area contributed by atoms with Crippen LogP contribution in [0.5, 0.6) is 0 Å². The van der Waals surface area contributed by atoms with Crippen LogP contribution >= 0.6 is 0 Å². The highest BCUT2D eigenvalue weighted by molar-refractivity contribution is 6.74. The molecule has 1 N–H and O–H groups in total. The number of hydrogen-bond acceptors (Lipinski definition) is 5. The highest BCUT2D eigenvalue weighted by Gasteiger charge is 2.49. The zero-order valence-electron chi connectivity index (χ0n) is 29.3. The van der Waals surface area contributed by atoms with Gasteiger partial charge in [0.15, 0.2) is 16.6 Å². The number of hydrogen-bond donors (Lipinski definition) is 1. The van der Waals surface area contributed by atoms with Crippen LogP contribution < -0.4 is 0 Å². The molecule has 0 saturated heterocycles. The van der Waals surface area contributed by atoms with Gasteiger partial charge in [0.05, 0.1) is 25.4 Å². The third kappa shape index (κ3) is 9.63. The molecule has 7 heteroatoms. The molecule has 244 valence electrons. The van der Waals surface area contributed by atoms with Crippen LogP contribution in [0.2, 0.25) is 36.3 Å². The van der Waals surface area contributed by atoms with Crippen molar-refractivity contribution in [1.29, 1.82) is 0 Å². The van der Waals surface area contributed by atoms with Gasteiger partial charge in [0, 0.05) is 12.3 Å². The summed E-state index contributed by atoms with van der Waals surface area (Å²) in [5.41, 5.74) is 0.290. The monoisotopic (exact) mass is 622 g/mol. The van der Waals surface area contributed by atoms with Gasteiger partial charge >= 0.3 is 5.97 Å². The summed E-state index contributed by atoms with van der Waals surface area (Å²) in [6, 6.07) is 0. The van der Waals surface area contributed by atoms with Gasteiger partial charge in [-0.05, 0) is 99.0 Å². The predicted octanol–water partition coefficient (Wildman–Crippen LogP) is 9.58. The van der Waals surface area contributed by atoms with Crippen molar-refractivity contribution in [2.24, 2.45) is 17.3 Å². The van der Waals surface area contributed by atoms with Crippen LogP contribution in [0.25, 0.3) is 0 Å². The van der Waals surface area contributed by atoms with E-state index in [1.165, 1.54) is 32.8 Å². The molecule has 0 spiro atoms. The van der Waals surface area contributed by atoms with E-state index in [4.69, 9.17) is 13.6 Å². The summed E-state index contributed by atoms with van der Waals surface area (Å²) in [6.45, 7) is 25.6. The summed E-state index contributed by atoms with van der Waals surface area (Å²) in [6.07, 6.45) is 18.5. The highest BCUT2D eigenvalue weighted by atomic mass is 28.4. The van der Waals surface area contributed by atoms with E-state index in [9.17, 15) is 9.90 Å². The van der Waals surface area contributed by atoms with Crippen LogP contribution in [-0.4, -0.2) is 53.1 Å². The van der Waals surface area contributed by atoms with Crippen LogP contribution in [0.15, 0.2) is 24.3 Å². The van der Waals surface area contributed by atoms with E-state index in [1.807, 2.05) is 0 Å². The van der Waals surface area contributed by atoms with Crippen molar-refractivity contribution < 1.29 is 23.5 Å². The van der Waals surface area contributed by atoms with Gasteiger partial charge in [-0.2, -0.15) is 0 Å². The molecule has 1 unspecified atom stereocenters. The maximum Gasteiger partial charge on any atom is 0.305 e. The van der Waals surface area contributed by atoms with Crippen molar-refractivity contribution in [3.05, 3.63) is 24.3 Å². The average Bonchev–Trinajstić information content (AvgIpc) is 3.12. The van der Waals surface area contributed by atoms with E-state index in [-0.39, 0.29) is 46.2 Å². The number of aliphatic hydroxyl groups excluding tert-OH is 1. The molecule has 5 atom stereocenters. The third-order valence-electron chi connectivity index (χ3n) is 11.4. The lowest BCUT2D eigenvalue weighted by atomic mass is 9.63. The summed E-state index contributed by atoms with van der Waals surface area (Å²) in [7, 11) is -2.49. The van der Waals surface area contributed by atoms with Gasteiger partial charge in [-0.1, -0.05) is 79.2 Å². The summed E-state index contributed by atoms with van der Waals surface area (Å²) in [5.74, 6) is 0.130. The van der Waals surface area contributed by atoms with Gasteiger partial charge < -0.3 is 18.7 Å². The van der Waals surface area contributed by atoms with Crippen LogP contribution in [0.3, 0.4) is 0 Å². The summed E-state index contributed by atoms with van der Waals surface area (Å²) in [4.78, 5) is 11.4. The highest BCUT2D eigenvalue weighted by Crippen LogP contribution is 2.51. The van der Waals surface area contributed by atoms with Gasteiger partial charge in [-0.25, -0.2) is 0 Å². The van der Waals surface area contributed by atoms with E-state index >= 15 is 0 Å². The van der Waals surface area contributed by atoms with Gasteiger partial charge in [-0.15, -0.1) is 0 Å². The number of esters is 1. The lowest BCUT2D eigenvalue weighted by Crippen LogP contribution is -2.51. The smallest absolute Gasteiger partial charge is 0.305 e. The fourth-order valence-electron chi connectivity index (χ4n) is 6.05. The van der Waals surface area contributed by atoms with Crippen molar-refractivity contribution in [1.82, 2.24) is 0 Å². The molecule has 0 bridgehead atoms. The van der Waals surface area contributed by atoms with Crippen LogP contribution in [0.4, 0.5) is 0 Å². The Labute approximate surface area is 261 Å². The Hall–Kier alpha value is -0.736. The number of unbranched alkanes of at least 4 members (excludes halogenated alkanes) is 1. The molecule has 0 aliphatic heterocycles. The molecular weight excluding hydrogens is 557 g/mol. The second-order valence-electron chi connectivity index (χ2n) is 16.2. The van der Waals surface area contributed by atoms with E-state index in [0.29, 0.717) is 18.3 Å². The molecule has 0 aromatic rings. The Bertz CT molecular complexity index is 902. The Morgan fingerprint density at radius 3 is 2.12 bits per heavy atom. The van der Waals surface area contributed by atoms with E-state index in [2.05, 4.69) is 99.0 Å². The maximum absolute atomic E-state index is 11.4. The first-order chi connectivity index (χ1) is 19.3. The van der Waals surface area contributed by atoms with Crippen LogP contribution in [-0.2, 0) is 18.4 Å². The Kier molecular flexibility index (Phi) is 13.4. The van der Waals surface area contributed by atoms with Gasteiger partial charge in [-0.3, -0.25) is 4.79 Å². The van der Waals surface area contributed by atoms with Crippen LogP contribution in [0.1, 0.15) is 113 Å². The molecule has 2 aliphatic rings. The number of carbonyl (C=O) groups excluding carboxylic acids is 1. The second kappa shape index (κ2) is 15.0. The molecule has 2 saturated carbocycles. The number of aliphatic hydroxyl groups is 1. The fraction of sp³-hybridized carbons (Fsp3) is 0.857. The van der Waals surface area contributed by atoms with E-state index in [1.54, 1.807) is 0 Å². The number of allylic oxidation sites excluding steroid dienone is 2. The largest absolute Gasteiger partial charge is 0.469 e. The number of carbonyl (C=O) groups is 1. The van der Waals surface area contributed by atoms with Crippen molar-refractivity contribution in [3.63, 3.8) is 0 Å². The zero-order chi connectivity index (χ0) is 32.0. The first-order valence-electron chi connectivity index (χ1n) is 16.7. The second-order valence-corrected chi connectivity index (χ2v) is 25.7. The Balaban J connectivity index is 2.27. The Morgan fingerprint density at radius 1 is 1.00 bits per heavy atom. The summed E-state index contributed by atoms with van der Waals surface area (Å²) >= 11 is 0. The number of rotatable bonds is 15. The quantitative estimate of drug-likeness (QED) is 0.0853. The molecule has 0 aromatic carbocycles. The molecule has 2 aliphatic carbocycles. The van der Waals surface area contributed by atoms with Crippen molar-refractivity contribution in [2.75, 3.05) is 7.11 Å². The molecule has 0 aromatic heterocycles. The summed E-state index contributed by atoms with van der Waals surface area (Å²) in [5, 5.41) is 11.6. The van der Waals surface area contributed by atoms with Gasteiger partial charge in [0.1, 0.15) is 0 Å². The van der Waals surface area contributed by atoms with Gasteiger partial charge in [0.25, 0.3) is 0 Å². The molecule has 5 nitrogen and oxygen atoms in total. The van der Waals surface area contributed by atoms with Crippen molar-refractivity contribution in [2.45, 2.75) is 167 Å². The normalized spacial score (nSPS) is 26.1. The number of ether oxygens (including phenoxy) is 1. The maximum atomic E-state index is 11.4. The minimum absolute atomic E-state index is 0.0264. The molecule has 0 amide bonds. The molecular formula is C35H66O5Si2. The van der Waals surface area contributed by atoms with E-state index < -0.39 is 16.6 Å². The van der Waals surface area contributed by atoms with Gasteiger partial charge in [0.2, 0.25) is 0 Å². The average molecular weight is 623 g/mol. The molecule has 0 heterocycles. The number of methoxy groups -OCH3 is 1. The topological polar surface area (TPSA) is 65.0 Å². The minimum Gasteiger partial charge on any atom is -0.469 e. The molecule has 2 rings (SSSR count). The Morgan fingerprint density at radius 2 is 1.62 bits per heavy atom. The molecule has 42 heavy (non-hydrogen) atoms. The first kappa shape index (κ1) is 37.5.